The van der Waals surface area contributed by atoms with Crippen molar-refractivity contribution < 1.29 is 9.26 Å². The van der Waals surface area contributed by atoms with Crippen LogP contribution in [0.25, 0.3) is 0 Å². The molecular weight excluding hydrogens is 220 g/mol. The fraction of sp³-hybridized carbons (Fsp3) is 0.545. The van der Waals surface area contributed by atoms with Crippen molar-refractivity contribution in [1.29, 1.82) is 0 Å². The zero-order chi connectivity index (χ0) is 12.3. The van der Waals surface area contributed by atoms with Crippen molar-refractivity contribution in [3.63, 3.8) is 0 Å². The Balaban J connectivity index is 2.11. The van der Waals surface area contributed by atoms with Crippen LogP contribution in [0.15, 0.2) is 16.9 Å². The molecule has 2 aromatic rings. The van der Waals surface area contributed by atoms with Crippen LogP contribution in [0.5, 0.6) is 0 Å². The van der Waals surface area contributed by atoms with Gasteiger partial charge in [-0.25, -0.2) is 4.98 Å². The Kier molecular flexibility index (Phi) is 3.53. The molecular formula is C11H16N4O2. The summed E-state index contributed by atoms with van der Waals surface area (Å²) in [6.07, 6.45) is 3.70. The molecule has 0 fully saturated rings. The molecule has 0 saturated carbocycles. The third kappa shape index (κ3) is 2.71. The molecule has 2 rings (SSSR count). The smallest absolute Gasteiger partial charge is 0.252 e. The second-order valence-corrected chi connectivity index (χ2v) is 4.11. The molecule has 0 aliphatic carbocycles. The summed E-state index contributed by atoms with van der Waals surface area (Å²) in [5.74, 6) is 2.52. The van der Waals surface area contributed by atoms with E-state index in [2.05, 4.69) is 29.0 Å². The quantitative estimate of drug-likeness (QED) is 0.788. The summed E-state index contributed by atoms with van der Waals surface area (Å²) in [4.78, 5) is 8.53. The Morgan fingerprint density at radius 2 is 2.29 bits per heavy atom. The van der Waals surface area contributed by atoms with Gasteiger partial charge < -0.3 is 13.8 Å². The van der Waals surface area contributed by atoms with Crippen LogP contribution in [0.4, 0.5) is 0 Å². The molecule has 0 saturated heterocycles. The van der Waals surface area contributed by atoms with E-state index in [1.165, 1.54) is 0 Å². The predicted molar refractivity (Wildman–Crippen MR) is 60.4 cm³/mol. The number of nitrogens with zero attached hydrogens (tertiary/aromatic N) is 4. The van der Waals surface area contributed by atoms with Crippen LogP contribution in [0, 0.1) is 0 Å². The summed E-state index contributed by atoms with van der Waals surface area (Å²) in [6, 6.07) is 0. The minimum Gasteiger partial charge on any atom is -0.375 e. The fourth-order valence-electron chi connectivity index (χ4n) is 1.64. The number of methoxy groups -OCH3 is 1. The van der Waals surface area contributed by atoms with E-state index in [0.717, 1.165) is 5.82 Å². The molecule has 0 radical (unpaired) electrons. The van der Waals surface area contributed by atoms with Crippen LogP contribution < -0.4 is 0 Å². The molecule has 0 unspecified atom stereocenters. The topological polar surface area (TPSA) is 66.0 Å². The molecule has 0 aliphatic heterocycles. The van der Waals surface area contributed by atoms with Gasteiger partial charge in [-0.1, -0.05) is 19.0 Å². The first-order valence-corrected chi connectivity index (χ1v) is 5.52. The minimum atomic E-state index is 0.341. The highest BCUT2D eigenvalue weighted by molar-refractivity contribution is 5.00. The molecule has 0 spiro atoms. The largest absolute Gasteiger partial charge is 0.375 e. The van der Waals surface area contributed by atoms with E-state index < -0.39 is 0 Å². The van der Waals surface area contributed by atoms with Gasteiger partial charge in [-0.15, -0.1) is 0 Å². The number of rotatable bonds is 5. The number of imidazole rings is 1. The Hall–Kier alpha value is -1.69. The first-order valence-electron chi connectivity index (χ1n) is 5.52. The molecule has 6 heteroatoms. The molecule has 0 bridgehead atoms. The first-order chi connectivity index (χ1) is 8.20. The molecule has 92 valence electrons. The van der Waals surface area contributed by atoms with Gasteiger partial charge >= 0.3 is 0 Å². The second-order valence-electron chi connectivity index (χ2n) is 4.11. The lowest BCUT2D eigenvalue weighted by Gasteiger charge is -2.07. The number of aromatic nitrogens is 4. The molecule has 2 heterocycles. The Morgan fingerprint density at radius 1 is 1.47 bits per heavy atom. The van der Waals surface area contributed by atoms with Gasteiger partial charge in [-0.3, -0.25) is 0 Å². The number of ether oxygens (including phenoxy) is 1. The highest BCUT2D eigenvalue weighted by Gasteiger charge is 2.11. The van der Waals surface area contributed by atoms with E-state index in [1.807, 2.05) is 10.8 Å². The van der Waals surface area contributed by atoms with Gasteiger partial charge in [0.05, 0.1) is 6.54 Å². The third-order valence-electron chi connectivity index (χ3n) is 2.35. The van der Waals surface area contributed by atoms with E-state index >= 15 is 0 Å². The number of hydrogen-bond donors (Lipinski definition) is 0. The molecule has 0 atom stereocenters. The molecule has 2 aromatic heterocycles. The molecule has 17 heavy (non-hydrogen) atoms. The van der Waals surface area contributed by atoms with Gasteiger partial charge in [-0.05, 0) is 0 Å². The lowest BCUT2D eigenvalue weighted by Crippen LogP contribution is -2.07. The van der Waals surface area contributed by atoms with Gasteiger partial charge in [0.25, 0.3) is 5.89 Å². The molecule has 0 amide bonds. The van der Waals surface area contributed by atoms with Gasteiger partial charge in [-0.2, -0.15) is 4.98 Å². The van der Waals surface area contributed by atoms with Gasteiger partial charge in [0.2, 0.25) is 0 Å². The van der Waals surface area contributed by atoms with Crippen LogP contribution in [0.2, 0.25) is 0 Å². The maximum absolute atomic E-state index is 5.03. The summed E-state index contributed by atoms with van der Waals surface area (Å²) < 4.78 is 12.0. The zero-order valence-electron chi connectivity index (χ0n) is 10.3. The monoisotopic (exact) mass is 236 g/mol. The van der Waals surface area contributed by atoms with Crippen molar-refractivity contribution in [3.8, 4) is 0 Å². The molecule has 0 aromatic carbocycles. The van der Waals surface area contributed by atoms with Crippen molar-refractivity contribution in [3.05, 3.63) is 29.9 Å². The van der Waals surface area contributed by atoms with Gasteiger partial charge in [0.1, 0.15) is 12.4 Å². The highest BCUT2D eigenvalue weighted by atomic mass is 16.5. The van der Waals surface area contributed by atoms with Crippen molar-refractivity contribution in [1.82, 2.24) is 19.7 Å². The Bertz CT molecular complexity index is 475. The number of hydrogen-bond acceptors (Lipinski definition) is 5. The van der Waals surface area contributed by atoms with Crippen LogP contribution in [0.1, 0.15) is 37.3 Å². The Labute approximate surface area is 99.6 Å². The standard InChI is InChI=1S/C11H16N4O2/c1-8(2)11-12-4-5-15(11)6-9-13-10(7-16-3)17-14-9/h4-5,8H,6-7H2,1-3H3. The second kappa shape index (κ2) is 5.09. The predicted octanol–water partition coefficient (Wildman–Crippen LogP) is 1.58. The minimum absolute atomic E-state index is 0.341. The average molecular weight is 236 g/mol. The van der Waals surface area contributed by atoms with Gasteiger partial charge in [0.15, 0.2) is 5.82 Å². The summed E-state index contributed by atoms with van der Waals surface area (Å²) >= 11 is 0. The molecule has 6 nitrogen and oxygen atoms in total. The molecule has 0 N–H and O–H groups in total. The highest BCUT2D eigenvalue weighted by Crippen LogP contribution is 2.12. The Morgan fingerprint density at radius 3 is 3.00 bits per heavy atom. The van der Waals surface area contributed by atoms with Crippen LogP contribution in [-0.2, 0) is 17.9 Å². The summed E-state index contributed by atoms with van der Waals surface area (Å²) in [5.41, 5.74) is 0. The first kappa shape index (κ1) is 11.8. The van der Waals surface area contributed by atoms with Crippen molar-refractivity contribution in [2.45, 2.75) is 32.9 Å². The molecule has 0 aliphatic rings. The SMILES string of the molecule is COCc1nc(Cn2ccnc2C(C)C)no1. The van der Waals surface area contributed by atoms with E-state index in [0.29, 0.717) is 30.8 Å². The lowest BCUT2D eigenvalue weighted by atomic mass is 10.2. The van der Waals surface area contributed by atoms with Crippen molar-refractivity contribution in [2.24, 2.45) is 0 Å². The van der Waals surface area contributed by atoms with Crippen LogP contribution >= 0.6 is 0 Å². The van der Waals surface area contributed by atoms with E-state index in [1.54, 1.807) is 13.3 Å². The van der Waals surface area contributed by atoms with E-state index in [4.69, 9.17) is 9.26 Å². The van der Waals surface area contributed by atoms with Crippen LogP contribution in [0.3, 0.4) is 0 Å². The van der Waals surface area contributed by atoms with Crippen LogP contribution in [-0.4, -0.2) is 26.8 Å². The maximum atomic E-state index is 5.03. The van der Waals surface area contributed by atoms with E-state index in [9.17, 15) is 0 Å². The normalized spacial score (nSPS) is 11.3. The average Bonchev–Trinajstić information content (AvgIpc) is 2.89. The maximum Gasteiger partial charge on any atom is 0.252 e. The zero-order valence-corrected chi connectivity index (χ0v) is 10.3. The summed E-state index contributed by atoms with van der Waals surface area (Å²) in [5, 5.41) is 3.90. The summed E-state index contributed by atoms with van der Waals surface area (Å²) in [7, 11) is 1.59. The lowest BCUT2D eigenvalue weighted by molar-refractivity contribution is 0.151. The van der Waals surface area contributed by atoms with E-state index in [-0.39, 0.29) is 0 Å². The van der Waals surface area contributed by atoms with Gasteiger partial charge in [0, 0.05) is 25.4 Å². The van der Waals surface area contributed by atoms with Crippen molar-refractivity contribution in [2.75, 3.05) is 7.11 Å². The summed E-state index contributed by atoms with van der Waals surface area (Å²) in [6.45, 7) is 5.12. The third-order valence-corrected chi connectivity index (χ3v) is 2.35. The fourth-order valence-corrected chi connectivity index (χ4v) is 1.64. The van der Waals surface area contributed by atoms with Crippen molar-refractivity contribution >= 4 is 0 Å².